The first kappa shape index (κ1) is 27.2. The molecular formula is C23H38ClN5O4SSi. The highest BCUT2D eigenvalue weighted by atomic mass is 35.5. The average Bonchev–Trinajstić information content (AvgIpc) is 3.49. The number of fused-ring (bicyclic) bond motifs is 2. The van der Waals surface area contributed by atoms with Crippen LogP contribution in [0.5, 0.6) is 0 Å². The van der Waals surface area contributed by atoms with Gasteiger partial charge in [-0.3, -0.25) is 0 Å². The lowest BCUT2D eigenvalue weighted by atomic mass is 10.2. The second-order valence-electron chi connectivity index (χ2n) is 9.72. The first-order valence-corrected chi connectivity index (χ1v) is 16.7. The molecule has 4 atom stereocenters. The van der Waals surface area contributed by atoms with E-state index in [-0.39, 0.29) is 24.4 Å². The van der Waals surface area contributed by atoms with Gasteiger partial charge in [0.1, 0.15) is 12.2 Å². The predicted molar refractivity (Wildman–Crippen MR) is 140 cm³/mol. The lowest BCUT2D eigenvalue weighted by Crippen LogP contribution is -2.38. The summed E-state index contributed by atoms with van der Waals surface area (Å²) in [6.07, 6.45) is 1.14. The molecule has 2 aromatic rings. The molecule has 0 bridgehead atoms. The van der Waals surface area contributed by atoms with Crippen molar-refractivity contribution in [1.82, 2.24) is 25.0 Å². The van der Waals surface area contributed by atoms with E-state index in [1.54, 1.807) is 11.8 Å². The summed E-state index contributed by atoms with van der Waals surface area (Å²) in [4.78, 5) is 9.12. The fourth-order valence-electron chi connectivity index (χ4n) is 5.08. The van der Waals surface area contributed by atoms with E-state index in [1.165, 1.54) is 0 Å². The highest BCUT2D eigenvalue weighted by Gasteiger charge is 2.56. The molecule has 0 spiro atoms. The molecule has 3 heterocycles. The van der Waals surface area contributed by atoms with Crippen molar-refractivity contribution in [3.63, 3.8) is 0 Å². The monoisotopic (exact) mass is 543 g/mol. The Morgan fingerprint density at radius 2 is 1.80 bits per heavy atom. The highest BCUT2D eigenvalue weighted by Crippen LogP contribution is 2.45. The van der Waals surface area contributed by atoms with Crippen molar-refractivity contribution in [3.8, 4) is 0 Å². The summed E-state index contributed by atoms with van der Waals surface area (Å²) in [6, 6.07) is 3.25. The third-order valence-electron chi connectivity index (χ3n) is 7.15. The van der Waals surface area contributed by atoms with Gasteiger partial charge in [0, 0.05) is 12.2 Å². The van der Waals surface area contributed by atoms with Crippen LogP contribution in [0, 0.1) is 0 Å². The normalized spacial score (nSPS) is 26.0. The predicted octanol–water partition coefficient (Wildman–Crippen LogP) is 5.25. The Bertz CT molecular complexity index is 999. The standard InChI is InChI=1S/C23H38ClN5O4SSi/c1-7-13-34-22-25-20(24)17-21(26-22)29(28-27-17)15-14-16(19-18(15)32-23(5,6)33-19)30-11-12-31-35(8-2,9-3)10-4/h15-16,18-19H,7-14H2,1-6H3. The Kier molecular flexibility index (Phi) is 8.77. The van der Waals surface area contributed by atoms with Gasteiger partial charge in [0.2, 0.25) is 0 Å². The molecule has 2 aromatic heterocycles. The second kappa shape index (κ2) is 11.3. The van der Waals surface area contributed by atoms with Gasteiger partial charge in [-0.2, -0.15) is 0 Å². The van der Waals surface area contributed by atoms with E-state index >= 15 is 0 Å². The number of thioether (sulfide) groups is 1. The molecule has 9 nitrogen and oxygen atoms in total. The summed E-state index contributed by atoms with van der Waals surface area (Å²) in [5.41, 5.74) is 1.12. The number of hydrogen-bond donors (Lipinski definition) is 0. The Balaban J connectivity index is 1.52. The molecule has 35 heavy (non-hydrogen) atoms. The quantitative estimate of drug-likeness (QED) is 0.117. The maximum atomic E-state index is 6.43. The molecule has 196 valence electrons. The van der Waals surface area contributed by atoms with E-state index in [0.29, 0.717) is 41.1 Å². The van der Waals surface area contributed by atoms with Gasteiger partial charge in [0.05, 0.1) is 25.4 Å². The largest absolute Gasteiger partial charge is 0.414 e. The molecule has 2 aliphatic rings. The number of halogens is 1. The topological polar surface area (TPSA) is 93.4 Å². The zero-order valence-electron chi connectivity index (χ0n) is 21.6. The van der Waals surface area contributed by atoms with Crippen LogP contribution in [-0.4, -0.2) is 76.3 Å². The fourth-order valence-corrected chi connectivity index (χ4v) is 8.66. The molecule has 1 aliphatic heterocycles. The molecule has 1 saturated heterocycles. The van der Waals surface area contributed by atoms with Gasteiger partial charge in [-0.05, 0) is 38.4 Å². The Labute approximate surface area is 218 Å². The van der Waals surface area contributed by atoms with Crippen LogP contribution in [0.15, 0.2) is 5.16 Å². The Hall–Kier alpha value is -0.823. The van der Waals surface area contributed by atoms with Gasteiger partial charge in [0.15, 0.2) is 35.6 Å². The molecule has 2 fully saturated rings. The summed E-state index contributed by atoms with van der Waals surface area (Å²) in [7, 11) is -1.64. The first-order valence-electron chi connectivity index (χ1n) is 12.8. The summed E-state index contributed by atoms with van der Waals surface area (Å²) < 4.78 is 27.2. The SMILES string of the molecule is CCCSc1nc(Cl)c2nnn(C3CC(OCCO[Si](CC)(CC)CC)C4OC(C)(C)OC43)c2n1. The zero-order chi connectivity index (χ0) is 25.2. The Morgan fingerprint density at radius 3 is 2.49 bits per heavy atom. The van der Waals surface area contributed by atoms with Gasteiger partial charge in [-0.15, -0.1) is 5.10 Å². The molecule has 0 N–H and O–H groups in total. The van der Waals surface area contributed by atoms with Crippen molar-refractivity contribution in [1.29, 1.82) is 0 Å². The van der Waals surface area contributed by atoms with Crippen molar-refractivity contribution in [3.05, 3.63) is 5.15 Å². The first-order chi connectivity index (χ1) is 16.8. The van der Waals surface area contributed by atoms with E-state index < -0.39 is 14.1 Å². The van der Waals surface area contributed by atoms with Crippen LogP contribution in [0.2, 0.25) is 23.3 Å². The van der Waals surface area contributed by atoms with E-state index in [4.69, 9.17) is 35.2 Å². The van der Waals surface area contributed by atoms with Crippen LogP contribution in [-0.2, 0) is 18.6 Å². The molecule has 12 heteroatoms. The maximum Gasteiger partial charge on any atom is 0.192 e. The summed E-state index contributed by atoms with van der Waals surface area (Å²) >= 11 is 8.01. The second-order valence-corrected chi connectivity index (χ2v) is 15.9. The maximum absolute atomic E-state index is 6.43. The third kappa shape index (κ3) is 5.71. The minimum absolute atomic E-state index is 0.136. The van der Waals surface area contributed by atoms with Crippen LogP contribution in [0.25, 0.3) is 11.2 Å². The van der Waals surface area contributed by atoms with Crippen molar-refractivity contribution in [2.45, 2.75) is 108 Å². The van der Waals surface area contributed by atoms with E-state index in [1.807, 2.05) is 18.5 Å². The number of rotatable bonds is 12. The lowest BCUT2D eigenvalue weighted by Gasteiger charge is -2.28. The summed E-state index contributed by atoms with van der Waals surface area (Å²) in [6.45, 7) is 13.8. The van der Waals surface area contributed by atoms with Crippen molar-refractivity contribution in [2.75, 3.05) is 19.0 Å². The minimum Gasteiger partial charge on any atom is -0.414 e. The molecule has 0 radical (unpaired) electrons. The van der Waals surface area contributed by atoms with Crippen molar-refractivity contribution < 1.29 is 18.6 Å². The van der Waals surface area contributed by atoms with Gasteiger partial charge < -0.3 is 18.6 Å². The van der Waals surface area contributed by atoms with Gasteiger partial charge in [0.25, 0.3) is 0 Å². The van der Waals surface area contributed by atoms with Crippen LogP contribution >= 0.6 is 23.4 Å². The molecule has 1 saturated carbocycles. The average molecular weight is 544 g/mol. The smallest absolute Gasteiger partial charge is 0.192 e. The number of ether oxygens (including phenoxy) is 3. The molecule has 0 amide bonds. The number of hydrogen-bond acceptors (Lipinski definition) is 9. The zero-order valence-corrected chi connectivity index (χ0v) is 24.2. The van der Waals surface area contributed by atoms with E-state index in [9.17, 15) is 0 Å². The molecule has 1 aliphatic carbocycles. The lowest BCUT2D eigenvalue weighted by molar-refractivity contribution is -0.170. The number of aromatic nitrogens is 5. The Morgan fingerprint density at radius 1 is 1.09 bits per heavy atom. The van der Waals surface area contributed by atoms with Crippen molar-refractivity contribution in [2.24, 2.45) is 0 Å². The van der Waals surface area contributed by atoms with Gasteiger partial charge >= 0.3 is 0 Å². The number of nitrogens with zero attached hydrogens (tertiary/aromatic N) is 5. The van der Waals surface area contributed by atoms with Crippen LogP contribution in [0.4, 0.5) is 0 Å². The van der Waals surface area contributed by atoms with Crippen molar-refractivity contribution >= 4 is 42.8 Å². The summed E-state index contributed by atoms with van der Waals surface area (Å²) in [5, 5.41) is 9.66. The van der Waals surface area contributed by atoms with Gasteiger partial charge in [-0.25, -0.2) is 14.6 Å². The van der Waals surface area contributed by atoms with E-state index in [2.05, 4.69) is 43.0 Å². The van der Waals surface area contributed by atoms with E-state index in [0.717, 1.165) is 30.3 Å². The van der Waals surface area contributed by atoms with Crippen LogP contribution < -0.4 is 0 Å². The summed E-state index contributed by atoms with van der Waals surface area (Å²) in [5.74, 6) is 0.213. The fraction of sp³-hybridized carbons (Fsp3) is 0.826. The molecule has 0 aromatic carbocycles. The van der Waals surface area contributed by atoms with Gasteiger partial charge in [-0.1, -0.05) is 56.3 Å². The van der Waals surface area contributed by atoms with Crippen LogP contribution in [0.1, 0.15) is 60.4 Å². The molecule has 4 rings (SSSR count). The highest BCUT2D eigenvalue weighted by molar-refractivity contribution is 7.99. The van der Waals surface area contributed by atoms with Crippen LogP contribution in [0.3, 0.4) is 0 Å². The molecule has 4 unspecified atom stereocenters. The third-order valence-corrected chi connectivity index (χ3v) is 13.1. The minimum atomic E-state index is -1.64. The molecular weight excluding hydrogens is 506 g/mol.